The van der Waals surface area contributed by atoms with Crippen LogP contribution in [0.4, 0.5) is 11.4 Å². The number of anilines is 2. The number of carbonyl (C=O) groups is 1. The zero-order valence-electron chi connectivity index (χ0n) is 12.4. The van der Waals surface area contributed by atoms with E-state index < -0.39 is 0 Å². The number of nitrogens with one attached hydrogen (secondary N) is 1. The summed E-state index contributed by atoms with van der Waals surface area (Å²) in [6.07, 6.45) is 0. The van der Waals surface area contributed by atoms with Gasteiger partial charge in [-0.25, -0.2) is 0 Å². The lowest BCUT2D eigenvalue weighted by Crippen LogP contribution is -2.13. The first kappa shape index (κ1) is 16.2. The van der Waals surface area contributed by atoms with Crippen molar-refractivity contribution in [1.29, 1.82) is 0 Å². The molecule has 0 saturated carbocycles. The van der Waals surface area contributed by atoms with Crippen molar-refractivity contribution in [2.24, 2.45) is 0 Å². The average Bonchev–Trinajstić information content (AvgIpc) is 2.50. The molecular weight excluding hydrogens is 348 g/mol. The number of hydrogen-bond donors (Lipinski definition) is 2. The molecule has 0 heterocycles. The molecule has 2 rings (SSSR count). The van der Waals surface area contributed by atoms with Crippen LogP contribution in [-0.2, 0) is 0 Å². The number of methoxy groups -OCH3 is 1. The molecule has 0 aliphatic rings. The van der Waals surface area contributed by atoms with Gasteiger partial charge in [0.25, 0.3) is 5.91 Å². The molecule has 0 unspecified atom stereocenters. The van der Waals surface area contributed by atoms with Crippen LogP contribution in [0.15, 0.2) is 40.9 Å². The zero-order valence-corrected chi connectivity index (χ0v) is 13.9. The Balaban J connectivity index is 2.16. The summed E-state index contributed by atoms with van der Waals surface area (Å²) >= 11 is 3.36. The van der Waals surface area contributed by atoms with E-state index in [2.05, 4.69) is 21.2 Å². The van der Waals surface area contributed by atoms with E-state index in [1.807, 2.05) is 6.92 Å². The summed E-state index contributed by atoms with van der Waals surface area (Å²) in [6.45, 7) is 2.46. The molecule has 0 atom stereocenters. The van der Waals surface area contributed by atoms with Gasteiger partial charge >= 0.3 is 0 Å². The number of ether oxygens (including phenoxy) is 2. The Labute approximate surface area is 137 Å². The Kier molecular flexibility index (Phi) is 5.27. The average molecular weight is 365 g/mol. The molecule has 2 aromatic carbocycles. The molecule has 6 heteroatoms. The van der Waals surface area contributed by atoms with Crippen LogP contribution >= 0.6 is 15.9 Å². The van der Waals surface area contributed by atoms with Crippen LogP contribution in [-0.4, -0.2) is 19.6 Å². The third kappa shape index (κ3) is 3.71. The number of halogens is 1. The summed E-state index contributed by atoms with van der Waals surface area (Å²) < 4.78 is 11.2. The monoisotopic (exact) mass is 364 g/mol. The first-order valence-electron chi connectivity index (χ1n) is 6.72. The molecule has 0 fully saturated rings. The van der Waals surface area contributed by atoms with E-state index in [1.165, 1.54) is 0 Å². The maximum absolute atomic E-state index is 12.3. The van der Waals surface area contributed by atoms with Crippen molar-refractivity contribution in [3.05, 3.63) is 46.4 Å². The topological polar surface area (TPSA) is 73.6 Å². The maximum atomic E-state index is 12.3. The van der Waals surface area contributed by atoms with Gasteiger partial charge in [-0.15, -0.1) is 0 Å². The normalized spacial score (nSPS) is 10.1. The molecule has 2 aromatic rings. The largest absolute Gasteiger partial charge is 0.496 e. The second-order valence-corrected chi connectivity index (χ2v) is 5.34. The number of nitrogens with two attached hydrogens (primary N) is 1. The second-order valence-electron chi connectivity index (χ2n) is 4.49. The van der Waals surface area contributed by atoms with Crippen LogP contribution in [0, 0.1) is 0 Å². The summed E-state index contributed by atoms with van der Waals surface area (Å²) in [7, 11) is 1.57. The van der Waals surface area contributed by atoms with E-state index >= 15 is 0 Å². The highest BCUT2D eigenvalue weighted by Crippen LogP contribution is 2.27. The number of amides is 1. The molecule has 0 spiro atoms. The standard InChI is InChI=1S/C16H17BrN2O3/c1-3-22-11-5-6-14(13(18)9-11)19-16(20)10-4-7-15(21-2)12(17)8-10/h4-9H,3,18H2,1-2H3,(H,19,20). The number of rotatable bonds is 5. The summed E-state index contributed by atoms with van der Waals surface area (Å²) in [4.78, 5) is 12.3. The van der Waals surface area contributed by atoms with Gasteiger partial charge in [-0.05, 0) is 53.2 Å². The van der Waals surface area contributed by atoms with Crippen molar-refractivity contribution in [3.63, 3.8) is 0 Å². The Morgan fingerprint density at radius 2 is 2.05 bits per heavy atom. The fourth-order valence-corrected chi connectivity index (χ4v) is 2.45. The van der Waals surface area contributed by atoms with Crippen LogP contribution in [0.3, 0.4) is 0 Å². The summed E-state index contributed by atoms with van der Waals surface area (Å²) in [5, 5.41) is 2.78. The quantitative estimate of drug-likeness (QED) is 0.793. The lowest BCUT2D eigenvalue weighted by Gasteiger charge is -2.11. The smallest absolute Gasteiger partial charge is 0.255 e. The molecular formula is C16H17BrN2O3. The van der Waals surface area contributed by atoms with Crippen LogP contribution in [0.2, 0.25) is 0 Å². The third-order valence-electron chi connectivity index (χ3n) is 3.00. The highest BCUT2D eigenvalue weighted by Gasteiger charge is 2.11. The molecule has 0 saturated heterocycles. The first-order valence-corrected chi connectivity index (χ1v) is 7.51. The summed E-state index contributed by atoms with van der Waals surface area (Å²) in [5.74, 6) is 1.08. The molecule has 0 radical (unpaired) electrons. The van der Waals surface area contributed by atoms with Crippen molar-refractivity contribution in [3.8, 4) is 11.5 Å². The molecule has 0 aliphatic carbocycles. The number of nitrogen functional groups attached to an aromatic ring is 1. The second kappa shape index (κ2) is 7.17. The van der Waals surface area contributed by atoms with E-state index in [-0.39, 0.29) is 5.91 Å². The summed E-state index contributed by atoms with van der Waals surface area (Å²) in [5.41, 5.74) is 7.42. The maximum Gasteiger partial charge on any atom is 0.255 e. The first-order chi connectivity index (χ1) is 10.5. The molecule has 1 amide bonds. The number of hydrogen-bond acceptors (Lipinski definition) is 4. The van der Waals surface area contributed by atoms with Crippen LogP contribution in [0.25, 0.3) is 0 Å². The lowest BCUT2D eigenvalue weighted by molar-refractivity contribution is 0.102. The van der Waals surface area contributed by atoms with E-state index in [4.69, 9.17) is 15.2 Å². The van der Waals surface area contributed by atoms with Gasteiger partial charge in [-0.2, -0.15) is 0 Å². The fourth-order valence-electron chi connectivity index (χ4n) is 1.91. The van der Waals surface area contributed by atoms with E-state index in [0.29, 0.717) is 39.5 Å². The molecule has 5 nitrogen and oxygen atoms in total. The Morgan fingerprint density at radius 1 is 1.27 bits per heavy atom. The van der Waals surface area contributed by atoms with Crippen molar-refractivity contribution in [2.75, 3.05) is 24.8 Å². The van der Waals surface area contributed by atoms with Crippen molar-refractivity contribution >= 4 is 33.2 Å². The molecule has 22 heavy (non-hydrogen) atoms. The van der Waals surface area contributed by atoms with Gasteiger partial charge in [-0.3, -0.25) is 4.79 Å². The SMILES string of the molecule is CCOc1ccc(NC(=O)c2ccc(OC)c(Br)c2)c(N)c1. The zero-order chi connectivity index (χ0) is 16.1. The number of benzene rings is 2. The fraction of sp³-hybridized carbons (Fsp3) is 0.188. The molecule has 0 aromatic heterocycles. The van der Waals surface area contributed by atoms with Crippen LogP contribution in [0.1, 0.15) is 17.3 Å². The van der Waals surface area contributed by atoms with Gasteiger partial charge < -0.3 is 20.5 Å². The van der Waals surface area contributed by atoms with Gasteiger partial charge in [0.05, 0.1) is 29.6 Å². The Morgan fingerprint density at radius 3 is 2.64 bits per heavy atom. The molecule has 3 N–H and O–H groups in total. The minimum atomic E-state index is -0.251. The van der Waals surface area contributed by atoms with Crippen molar-refractivity contribution in [1.82, 2.24) is 0 Å². The van der Waals surface area contributed by atoms with E-state index in [0.717, 1.165) is 0 Å². The van der Waals surface area contributed by atoms with E-state index in [9.17, 15) is 4.79 Å². The summed E-state index contributed by atoms with van der Waals surface area (Å²) in [6, 6.07) is 10.3. The van der Waals surface area contributed by atoms with Crippen molar-refractivity contribution < 1.29 is 14.3 Å². The predicted molar refractivity (Wildman–Crippen MR) is 90.7 cm³/mol. The van der Waals surface area contributed by atoms with Gasteiger partial charge in [-0.1, -0.05) is 0 Å². The van der Waals surface area contributed by atoms with Crippen LogP contribution in [0.5, 0.6) is 11.5 Å². The predicted octanol–water partition coefficient (Wildman–Crippen LogP) is 3.69. The van der Waals surface area contributed by atoms with Crippen LogP contribution < -0.4 is 20.5 Å². The highest BCUT2D eigenvalue weighted by molar-refractivity contribution is 9.10. The van der Waals surface area contributed by atoms with Gasteiger partial charge in [0.15, 0.2) is 0 Å². The van der Waals surface area contributed by atoms with Gasteiger partial charge in [0.2, 0.25) is 0 Å². The minimum Gasteiger partial charge on any atom is -0.496 e. The van der Waals surface area contributed by atoms with E-state index in [1.54, 1.807) is 43.5 Å². The third-order valence-corrected chi connectivity index (χ3v) is 3.62. The highest BCUT2D eigenvalue weighted by atomic mass is 79.9. The minimum absolute atomic E-state index is 0.251. The number of carbonyl (C=O) groups excluding carboxylic acids is 1. The van der Waals surface area contributed by atoms with Gasteiger partial charge in [0, 0.05) is 11.6 Å². The molecule has 116 valence electrons. The molecule has 0 bridgehead atoms. The Bertz CT molecular complexity index is 689. The Hall–Kier alpha value is -2.21. The van der Waals surface area contributed by atoms with Crippen molar-refractivity contribution in [2.45, 2.75) is 6.92 Å². The lowest BCUT2D eigenvalue weighted by atomic mass is 10.2. The van der Waals surface area contributed by atoms with Gasteiger partial charge in [0.1, 0.15) is 11.5 Å². The molecule has 0 aliphatic heterocycles.